The van der Waals surface area contributed by atoms with E-state index in [1.165, 1.54) is 4.80 Å². The summed E-state index contributed by atoms with van der Waals surface area (Å²) in [4.78, 5) is 13.9. The van der Waals surface area contributed by atoms with Crippen LogP contribution >= 0.6 is 12.4 Å². The summed E-state index contributed by atoms with van der Waals surface area (Å²) in [5.74, 6) is 0.476. The number of likely N-dealkylation sites (N-methyl/N-ethyl adjacent to an activating group) is 1. The first-order valence-corrected chi connectivity index (χ1v) is 7.82. The van der Waals surface area contributed by atoms with E-state index >= 15 is 0 Å². The van der Waals surface area contributed by atoms with E-state index in [2.05, 4.69) is 26.0 Å². The van der Waals surface area contributed by atoms with Gasteiger partial charge in [-0.3, -0.25) is 4.79 Å². The minimum absolute atomic E-state index is 0. The summed E-state index contributed by atoms with van der Waals surface area (Å²) in [6, 6.07) is 9.32. The summed E-state index contributed by atoms with van der Waals surface area (Å²) < 4.78 is 0. The lowest BCUT2D eigenvalue weighted by Crippen LogP contribution is -2.42. The topological polar surface area (TPSA) is 84.7 Å². The fourth-order valence-electron chi connectivity index (χ4n) is 2.18. The van der Waals surface area contributed by atoms with Gasteiger partial charge in [0.1, 0.15) is 0 Å². The van der Waals surface area contributed by atoms with Crippen molar-refractivity contribution < 1.29 is 4.79 Å². The van der Waals surface area contributed by atoms with Gasteiger partial charge in [-0.05, 0) is 25.1 Å². The lowest BCUT2D eigenvalue weighted by atomic mass is 10.0. The van der Waals surface area contributed by atoms with Crippen LogP contribution in [0.4, 0.5) is 0 Å². The van der Waals surface area contributed by atoms with E-state index < -0.39 is 6.04 Å². The number of hydrogen-bond acceptors (Lipinski definition) is 5. The molecule has 0 spiro atoms. The quantitative estimate of drug-likeness (QED) is 0.792. The number of carbonyl (C=O) groups is 1. The highest BCUT2D eigenvalue weighted by Crippen LogP contribution is 2.18. The Labute approximate surface area is 148 Å². The lowest BCUT2D eigenvalue weighted by Gasteiger charge is -2.20. The number of aromatic nitrogens is 4. The van der Waals surface area contributed by atoms with Gasteiger partial charge in [0.15, 0.2) is 6.04 Å². The molecule has 132 valence electrons. The molecule has 0 radical (unpaired) electrons. The monoisotopic (exact) mass is 352 g/mol. The second-order valence-corrected chi connectivity index (χ2v) is 5.92. The molecule has 0 fully saturated rings. The SMILES string of the molecule is CNC(C)CNC(=O)C(C(C)C)n1nnc(-c2ccccc2)n1.Cl. The van der Waals surface area contributed by atoms with Crippen LogP contribution in [0.2, 0.25) is 0 Å². The van der Waals surface area contributed by atoms with Gasteiger partial charge in [-0.2, -0.15) is 4.80 Å². The highest BCUT2D eigenvalue weighted by Gasteiger charge is 2.27. The minimum atomic E-state index is -0.482. The fraction of sp³-hybridized carbons (Fsp3) is 0.500. The molecule has 0 saturated heterocycles. The summed E-state index contributed by atoms with van der Waals surface area (Å²) in [5.41, 5.74) is 0.880. The molecule has 0 aliphatic rings. The van der Waals surface area contributed by atoms with E-state index in [0.29, 0.717) is 12.4 Å². The molecule has 2 atom stereocenters. The predicted octanol–water partition coefficient (Wildman–Crippen LogP) is 1.68. The standard InChI is InChI=1S/C16H24N6O.ClH/c1-11(2)14(16(23)18-10-12(3)17-4)22-20-15(19-21-22)13-8-6-5-7-9-13;/h5-9,11-12,14,17H,10H2,1-4H3,(H,18,23);1H. The second-order valence-electron chi connectivity index (χ2n) is 5.92. The third-order valence-electron chi connectivity index (χ3n) is 3.68. The Kier molecular flexibility index (Phi) is 7.81. The number of tetrazole rings is 1. The van der Waals surface area contributed by atoms with Crippen molar-refractivity contribution >= 4 is 18.3 Å². The van der Waals surface area contributed by atoms with Crippen molar-refractivity contribution in [3.8, 4) is 11.4 Å². The number of nitrogens with one attached hydrogen (secondary N) is 2. The number of halogens is 1. The third-order valence-corrected chi connectivity index (χ3v) is 3.68. The molecule has 7 nitrogen and oxygen atoms in total. The Morgan fingerprint density at radius 1 is 1.21 bits per heavy atom. The largest absolute Gasteiger partial charge is 0.353 e. The average Bonchev–Trinajstić information content (AvgIpc) is 3.02. The smallest absolute Gasteiger partial charge is 0.247 e. The molecule has 1 aromatic carbocycles. The zero-order valence-electron chi connectivity index (χ0n) is 14.4. The number of amides is 1. The van der Waals surface area contributed by atoms with Crippen molar-refractivity contribution in [2.24, 2.45) is 5.92 Å². The molecule has 0 aliphatic carbocycles. The summed E-state index contributed by atoms with van der Waals surface area (Å²) in [5, 5.41) is 18.6. The van der Waals surface area contributed by atoms with Gasteiger partial charge < -0.3 is 10.6 Å². The van der Waals surface area contributed by atoms with Crippen LogP contribution < -0.4 is 10.6 Å². The molecule has 0 aliphatic heterocycles. The molecule has 2 aromatic rings. The summed E-state index contributed by atoms with van der Waals surface area (Å²) in [7, 11) is 1.86. The highest BCUT2D eigenvalue weighted by atomic mass is 35.5. The molecule has 24 heavy (non-hydrogen) atoms. The summed E-state index contributed by atoms with van der Waals surface area (Å²) in [6.45, 7) is 6.50. The normalized spacial score (nSPS) is 13.2. The fourth-order valence-corrected chi connectivity index (χ4v) is 2.18. The average molecular weight is 353 g/mol. The van der Waals surface area contributed by atoms with Crippen LogP contribution in [0.1, 0.15) is 26.8 Å². The molecule has 1 aromatic heterocycles. The summed E-state index contributed by atoms with van der Waals surface area (Å²) in [6.07, 6.45) is 0. The molecule has 1 amide bonds. The van der Waals surface area contributed by atoms with Crippen molar-refractivity contribution in [1.82, 2.24) is 30.8 Å². The van der Waals surface area contributed by atoms with Crippen molar-refractivity contribution in [2.45, 2.75) is 32.9 Å². The van der Waals surface area contributed by atoms with Crippen molar-refractivity contribution in [1.29, 1.82) is 0 Å². The van der Waals surface area contributed by atoms with E-state index in [9.17, 15) is 4.79 Å². The number of benzene rings is 1. The molecule has 0 bridgehead atoms. The van der Waals surface area contributed by atoms with E-state index in [1.54, 1.807) is 0 Å². The summed E-state index contributed by atoms with van der Waals surface area (Å²) >= 11 is 0. The highest BCUT2D eigenvalue weighted by molar-refractivity contribution is 5.85. The van der Waals surface area contributed by atoms with Crippen LogP contribution in [-0.4, -0.2) is 45.7 Å². The lowest BCUT2D eigenvalue weighted by molar-refractivity contribution is -0.126. The number of rotatable bonds is 7. The molecule has 2 N–H and O–H groups in total. The van der Waals surface area contributed by atoms with E-state index in [4.69, 9.17) is 0 Å². The van der Waals surface area contributed by atoms with Crippen LogP contribution in [0, 0.1) is 5.92 Å². The van der Waals surface area contributed by atoms with Gasteiger partial charge in [0, 0.05) is 18.2 Å². The van der Waals surface area contributed by atoms with Crippen molar-refractivity contribution in [3.05, 3.63) is 30.3 Å². The van der Waals surface area contributed by atoms with Crippen molar-refractivity contribution in [2.75, 3.05) is 13.6 Å². The molecular formula is C16H25ClN6O. The number of carbonyl (C=O) groups excluding carboxylic acids is 1. The van der Waals surface area contributed by atoms with Gasteiger partial charge in [0.2, 0.25) is 11.7 Å². The van der Waals surface area contributed by atoms with Crippen LogP contribution in [0.25, 0.3) is 11.4 Å². The number of hydrogen-bond donors (Lipinski definition) is 2. The van der Waals surface area contributed by atoms with Gasteiger partial charge >= 0.3 is 0 Å². The molecule has 2 rings (SSSR count). The van der Waals surface area contributed by atoms with E-state index in [1.807, 2.05) is 58.2 Å². The first-order chi connectivity index (χ1) is 11.0. The van der Waals surface area contributed by atoms with Crippen LogP contribution in [0.5, 0.6) is 0 Å². The minimum Gasteiger partial charge on any atom is -0.353 e. The molecule has 2 unspecified atom stereocenters. The Morgan fingerprint density at radius 2 is 1.88 bits per heavy atom. The Balaban J connectivity index is 0.00000288. The zero-order chi connectivity index (χ0) is 16.8. The van der Waals surface area contributed by atoms with Gasteiger partial charge in [-0.15, -0.1) is 22.6 Å². The maximum Gasteiger partial charge on any atom is 0.247 e. The zero-order valence-corrected chi connectivity index (χ0v) is 15.2. The molecule has 8 heteroatoms. The number of nitrogens with zero attached hydrogens (tertiary/aromatic N) is 4. The van der Waals surface area contributed by atoms with Gasteiger partial charge in [0.05, 0.1) is 0 Å². The van der Waals surface area contributed by atoms with Gasteiger partial charge in [-0.1, -0.05) is 44.2 Å². The maximum atomic E-state index is 12.5. The maximum absolute atomic E-state index is 12.5. The third kappa shape index (κ3) is 5.01. The van der Waals surface area contributed by atoms with E-state index in [0.717, 1.165) is 5.56 Å². The van der Waals surface area contributed by atoms with Crippen LogP contribution in [0.3, 0.4) is 0 Å². The Bertz CT molecular complexity index is 631. The predicted molar refractivity (Wildman–Crippen MR) is 95.9 cm³/mol. The second kappa shape index (κ2) is 9.34. The molecular weight excluding hydrogens is 328 g/mol. The molecule has 0 saturated carbocycles. The van der Waals surface area contributed by atoms with Crippen molar-refractivity contribution in [3.63, 3.8) is 0 Å². The first kappa shape index (κ1) is 20.1. The van der Waals surface area contributed by atoms with Crippen LogP contribution in [0.15, 0.2) is 30.3 Å². The van der Waals surface area contributed by atoms with Gasteiger partial charge in [-0.25, -0.2) is 0 Å². The van der Waals surface area contributed by atoms with E-state index in [-0.39, 0.29) is 30.3 Å². The Hall–Kier alpha value is -1.99. The van der Waals surface area contributed by atoms with Gasteiger partial charge in [0.25, 0.3) is 0 Å². The Morgan fingerprint density at radius 3 is 2.46 bits per heavy atom. The first-order valence-electron chi connectivity index (χ1n) is 7.82. The molecule has 1 heterocycles. The van der Waals surface area contributed by atoms with Crippen LogP contribution in [-0.2, 0) is 4.79 Å².